The van der Waals surface area contributed by atoms with Crippen LogP contribution in [0.4, 0.5) is 11.4 Å². The Kier molecular flexibility index (Phi) is 7.54. The SMILES string of the molecule is CCCC(N)C(=O)Nc1cccc(NC2CCCC2)c1.Cl. The van der Waals surface area contributed by atoms with Crippen LogP contribution in [0.5, 0.6) is 0 Å². The molecule has 21 heavy (non-hydrogen) atoms. The average molecular weight is 312 g/mol. The fourth-order valence-electron chi connectivity index (χ4n) is 2.67. The van der Waals surface area contributed by atoms with E-state index in [2.05, 4.69) is 10.6 Å². The standard InChI is InChI=1S/C16H25N3O.ClH/c1-2-6-15(17)16(20)19-14-10-5-9-13(11-14)18-12-7-3-4-8-12;/h5,9-12,15,18H,2-4,6-8,17H2,1H3,(H,19,20);1H. The van der Waals surface area contributed by atoms with Gasteiger partial charge in [-0.25, -0.2) is 0 Å². The molecular weight excluding hydrogens is 286 g/mol. The zero-order valence-corrected chi connectivity index (χ0v) is 13.4. The third-order valence-corrected chi connectivity index (χ3v) is 3.79. The number of amides is 1. The first-order valence-electron chi connectivity index (χ1n) is 7.62. The van der Waals surface area contributed by atoms with Gasteiger partial charge in [0, 0.05) is 17.4 Å². The summed E-state index contributed by atoms with van der Waals surface area (Å²) in [5, 5.41) is 6.41. The van der Waals surface area contributed by atoms with Gasteiger partial charge in [0.05, 0.1) is 6.04 Å². The summed E-state index contributed by atoms with van der Waals surface area (Å²) in [6, 6.07) is 8.03. The Morgan fingerprint density at radius 1 is 1.33 bits per heavy atom. The van der Waals surface area contributed by atoms with Crippen molar-refractivity contribution in [1.82, 2.24) is 0 Å². The minimum Gasteiger partial charge on any atom is -0.382 e. The number of nitrogens with two attached hydrogens (primary N) is 1. The average Bonchev–Trinajstić information content (AvgIpc) is 2.92. The second-order valence-corrected chi connectivity index (χ2v) is 5.59. The van der Waals surface area contributed by atoms with Crippen molar-refractivity contribution in [1.29, 1.82) is 0 Å². The van der Waals surface area contributed by atoms with Crippen molar-refractivity contribution in [2.75, 3.05) is 10.6 Å². The van der Waals surface area contributed by atoms with Crippen LogP contribution < -0.4 is 16.4 Å². The summed E-state index contributed by atoms with van der Waals surface area (Å²) in [5.41, 5.74) is 7.70. The first kappa shape index (κ1) is 17.8. The van der Waals surface area contributed by atoms with E-state index in [0.29, 0.717) is 12.5 Å². The molecule has 1 atom stereocenters. The number of hydrogen-bond acceptors (Lipinski definition) is 3. The zero-order chi connectivity index (χ0) is 14.4. The maximum absolute atomic E-state index is 11.9. The number of nitrogens with one attached hydrogen (secondary N) is 2. The van der Waals surface area contributed by atoms with Crippen LogP contribution in [-0.4, -0.2) is 18.0 Å². The highest BCUT2D eigenvalue weighted by molar-refractivity contribution is 5.95. The number of benzene rings is 1. The number of carbonyl (C=O) groups excluding carboxylic acids is 1. The van der Waals surface area contributed by atoms with Crippen LogP contribution >= 0.6 is 12.4 Å². The Hall–Kier alpha value is -1.26. The van der Waals surface area contributed by atoms with Crippen LogP contribution in [0.2, 0.25) is 0 Å². The quantitative estimate of drug-likeness (QED) is 0.753. The molecule has 118 valence electrons. The third kappa shape index (κ3) is 5.56. The molecule has 1 aromatic rings. The number of rotatable bonds is 6. The lowest BCUT2D eigenvalue weighted by molar-refractivity contribution is -0.117. The number of anilines is 2. The van der Waals surface area contributed by atoms with Crippen LogP contribution in [-0.2, 0) is 4.79 Å². The normalized spacial score (nSPS) is 16.1. The van der Waals surface area contributed by atoms with Crippen LogP contribution in [0.15, 0.2) is 24.3 Å². The minimum atomic E-state index is -0.425. The smallest absolute Gasteiger partial charge is 0.241 e. The highest BCUT2D eigenvalue weighted by Gasteiger charge is 2.15. The third-order valence-electron chi connectivity index (χ3n) is 3.79. The molecule has 0 saturated heterocycles. The molecule has 2 rings (SSSR count). The molecule has 0 aromatic heterocycles. The number of halogens is 1. The molecule has 1 aliphatic rings. The second kappa shape index (κ2) is 8.90. The van der Waals surface area contributed by atoms with Crippen molar-refractivity contribution in [3.05, 3.63) is 24.3 Å². The van der Waals surface area contributed by atoms with Gasteiger partial charge in [-0.05, 0) is 37.5 Å². The van der Waals surface area contributed by atoms with E-state index in [4.69, 9.17) is 5.73 Å². The molecule has 5 heteroatoms. The van der Waals surface area contributed by atoms with E-state index in [1.807, 2.05) is 31.2 Å². The van der Waals surface area contributed by atoms with Gasteiger partial charge in [0.2, 0.25) is 5.91 Å². The van der Waals surface area contributed by atoms with E-state index in [9.17, 15) is 4.79 Å². The lowest BCUT2D eigenvalue weighted by Crippen LogP contribution is -2.35. The summed E-state index contributed by atoms with van der Waals surface area (Å²) in [4.78, 5) is 11.9. The first-order valence-corrected chi connectivity index (χ1v) is 7.62. The molecule has 1 unspecified atom stereocenters. The van der Waals surface area contributed by atoms with Crippen molar-refractivity contribution in [3.8, 4) is 0 Å². The summed E-state index contributed by atoms with van der Waals surface area (Å²) in [6.45, 7) is 2.03. The monoisotopic (exact) mass is 311 g/mol. The van der Waals surface area contributed by atoms with Crippen LogP contribution in [0.25, 0.3) is 0 Å². The predicted molar refractivity (Wildman–Crippen MR) is 91.1 cm³/mol. The molecule has 4 N–H and O–H groups in total. The lowest BCUT2D eigenvalue weighted by Gasteiger charge is -2.15. The maximum atomic E-state index is 11.9. The van der Waals surface area contributed by atoms with Crippen LogP contribution in [0.1, 0.15) is 45.4 Å². The van der Waals surface area contributed by atoms with E-state index < -0.39 is 6.04 Å². The van der Waals surface area contributed by atoms with Crippen LogP contribution in [0.3, 0.4) is 0 Å². The van der Waals surface area contributed by atoms with Gasteiger partial charge in [0.15, 0.2) is 0 Å². The first-order chi connectivity index (χ1) is 9.69. The molecule has 0 aliphatic heterocycles. The van der Waals surface area contributed by atoms with Gasteiger partial charge in [0.1, 0.15) is 0 Å². The van der Waals surface area contributed by atoms with E-state index in [1.165, 1.54) is 25.7 Å². The highest BCUT2D eigenvalue weighted by atomic mass is 35.5. The van der Waals surface area contributed by atoms with Gasteiger partial charge in [-0.15, -0.1) is 12.4 Å². The summed E-state index contributed by atoms with van der Waals surface area (Å²) in [5.74, 6) is -0.107. The number of hydrogen-bond donors (Lipinski definition) is 3. The molecule has 4 nitrogen and oxygen atoms in total. The van der Waals surface area contributed by atoms with Crippen molar-refractivity contribution < 1.29 is 4.79 Å². The van der Waals surface area contributed by atoms with Gasteiger partial charge in [-0.3, -0.25) is 4.79 Å². The van der Waals surface area contributed by atoms with Gasteiger partial charge < -0.3 is 16.4 Å². The van der Waals surface area contributed by atoms with Crippen molar-refractivity contribution in [2.45, 2.75) is 57.5 Å². The molecule has 0 heterocycles. The Morgan fingerprint density at radius 2 is 2.00 bits per heavy atom. The van der Waals surface area contributed by atoms with E-state index in [1.54, 1.807) is 0 Å². The van der Waals surface area contributed by atoms with Gasteiger partial charge >= 0.3 is 0 Å². The largest absolute Gasteiger partial charge is 0.382 e. The topological polar surface area (TPSA) is 67.2 Å². The van der Waals surface area contributed by atoms with Gasteiger partial charge in [0.25, 0.3) is 0 Å². The summed E-state index contributed by atoms with van der Waals surface area (Å²) in [6.07, 6.45) is 6.71. The Balaban J connectivity index is 0.00000220. The second-order valence-electron chi connectivity index (χ2n) is 5.59. The van der Waals surface area contributed by atoms with Crippen molar-refractivity contribution in [3.63, 3.8) is 0 Å². The molecule has 0 bridgehead atoms. The highest BCUT2D eigenvalue weighted by Crippen LogP contribution is 2.23. The van der Waals surface area contributed by atoms with E-state index in [0.717, 1.165) is 17.8 Å². The number of carbonyl (C=O) groups is 1. The predicted octanol–water partition coefficient (Wildman–Crippen LogP) is 3.53. The van der Waals surface area contributed by atoms with Crippen molar-refractivity contribution in [2.24, 2.45) is 5.73 Å². The molecule has 0 radical (unpaired) electrons. The molecular formula is C16H26ClN3O. The molecule has 0 spiro atoms. The molecule has 1 saturated carbocycles. The molecule has 1 amide bonds. The fraction of sp³-hybridized carbons (Fsp3) is 0.562. The van der Waals surface area contributed by atoms with E-state index >= 15 is 0 Å². The van der Waals surface area contributed by atoms with Crippen molar-refractivity contribution >= 4 is 29.7 Å². The molecule has 1 aromatic carbocycles. The Bertz CT molecular complexity index is 447. The van der Waals surface area contributed by atoms with Gasteiger partial charge in [-0.2, -0.15) is 0 Å². The van der Waals surface area contributed by atoms with E-state index in [-0.39, 0.29) is 18.3 Å². The minimum absolute atomic E-state index is 0. The molecule has 1 aliphatic carbocycles. The summed E-state index contributed by atoms with van der Waals surface area (Å²) in [7, 11) is 0. The van der Waals surface area contributed by atoms with Gasteiger partial charge in [-0.1, -0.05) is 32.3 Å². The van der Waals surface area contributed by atoms with Crippen LogP contribution in [0, 0.1) is 0 Å². The molecule has 1 fully saturated rings. The summed E-state index contributed by atoms with van der Waals surface area (Å²) >= 11 is 0. The lowest BCUT2D eigenvalue weighted by atomic mass is 10.1. The fourth-order valence-corrected chi connectivity index (χ4v) is 2.67. The Morgan fingerprint density at radius 3 is 2.67 bits per heavy atom. The maximum Gasteiger partial charge on any atom is 0.241 e. The Labute approximate surface area is 133 Å². The summed E-state index contributed by atoms with van der Waals surface area (Å²) < 4.78 is 0. The zero-order valence-electron chi connectivity index (χ0n) is 12.6.